The van der Waals surface area contributed by atoms with Crippen molar-refractivity contribution in [2.24, 2.45) is 12.1 Å². The second-order valence-corrected chi connectivity index (χ2v) is 7.23. The monoisotopic (exact) mass is 436 g/mol. The third kappa shape index (κ3) is 3.24. The zero-order valence-corrected chi connectivity index (χ0v) is 16.6. The van der Waals surface area contributed by atoms with Gasteiger partial charge < -0.3 is 5.11 Å². The number of halogens is 1. The van der Waals surface area contributed by atoms with E-state index >= 15 is 0 Å². The lowest BCUT2D eigenvalue weighted by Gasteiger charge is -2.21. The van der Waals surface area contributed by atoms with Crippen molar-refractivity contribution in [3.8, 4) is 5.88 Å². The van der Waals surface area contributed by atoms with Crippen LogP contribution in [0.2, 0.25) is 0 Å². The lowest BCUT2D eigenvalue weighted by atomic mass is 9.99. The molecular weight excluding hydrogens is 420 g/mol. The summed E-state index contributed by atoms with van der Waals surface area (Å²) in [6, 6.07) is 7.24. The number of H-pyrrole nitrogens is 1. The molecular formula is C17H17BrN4O3S. The summed E-state index contributed by atoms with van der Waals surface area (Å²) >= 11 is 8.39. The zero-order chi connectivity index (χ0) is 19.0. The first-order valence-electron chi connectivity index (χ1n) is 8.01. The SMILES string of the molecule is CCC(=O)N1N=C(c2c(O)n(C)c(=S)[nH]c2=O)C[C@@H]1c1ccc(Br)cc1. The quantitative estimate of drug-likeness (QED) is 0.723. The first kappa shape index (κ1) is 18.5. The van der Waals surface area contributed by atoms with Crippen LogP contribution in [0, 0.1) is 4.77 Å². The maximum atomic E-state index is 12.4. The minimum atomic E-state index is -0.523. The molecule has 1 aliphatic heterocycles. The molecule has 1 aromatic carbocycles. The number of hydrogen-bond donors (Lipinski definition) is 2. The summed E-state index contributed by atoms with van der Waals surface area (Å²) in [6.07, 6.45) is 0.603. The van der Waals surface area contributed by atoms with Crippen LogP contribution >= 0.6 is 28.1 Å². The highest BCUT2D eigenvalue weighted by molar-refractivity contribution is 9.10. The molecule has 0 bridgehead atoms. The van der Waals surface area contributed by atoms with Crippen LogP contribution in [0.1, 0.15) is 36.9 Å². The molecule has 0 aliphatic carbocycles. The van der Waals surface area contributed by atoms with Crippen molar-refractivity contribution < 1.29 is 9.90 Å². The van der Waals surface area contributed by atoms with Crippen LogP contribution in [0.5, 0.6) is 5.88 Å². The Hall–Kier alpha value is -2.26. The Morgan fingerprint density at radius 1 is 1.42 bits per heavy atom. The summed E-state index contributed by atoms with van der Waals surface area (Å²) in [5.41, 5.74) is 0.761. The number of rotatable bonds is 3. The van der Waals surface area contributed by atoms with E-state index in [-0.39, 0.29) is 34.6 Å². The van der Waals surface area contributed by atoms with E-state index in [0.29, 0.717) is 12.1 Å². The third-order valence-electron chi connectivity index (χ3n) is 4.31. The maximum absolute atomic E-state index is 12.4. The Kier molecular flexibility index (Phi) is 5.10. The predicted molar refractivity (Wildman–Crippen MR) is 104 cm³/mol. The summed E-state index contributed by atoms with van der Waals surface area (Å²) in [5, 5.41) is 16.1. The molecule has 0 saturated heterocycles. The third-order valence-corrected chi connectivity index (χ3v) is 5.21. The highest BCUT2D eigenvalue weighted by atomic mass is 79.9. The number of hydrogen-bond acceptors (Lipinski definition) is 5. The smallest absolute Gasteiger partial charge is 0.264 e. The van der Waals surface area contributed by atoms with Crippen LogP contribution < -0.4 is 5.56 Å². The largest absolute Gasteiger partial charge is 0.494 e. The number of hydrazone groups is 1. The molecule has 0 fully saturated rings. The standard InChI is InChI=1S/C17H17BrN4O3S/c1-3-13(23)22-12(9-4-6-10(18)7-5-9)8-11(20-22)14-15(24)19-17(26)21(2)16(14)25/h4-7,12,25H,3,8H2,1-2H3,(H,19,24,26)/t12-/m1/s1. The first-order chi connectivity index (χ1) is 12.3. The summed E-state index contributed by atoms with van der Waals surface area (Å²) in [5.74, 6) is -0.425. The number of nitrogens with one attached hydrogen (secondary N) is 1. The van der Waals surface area contributed by atoms with Crippen LogP contribution in [0.15, 0.2) is 38.6 Å². The molecule has 0 spiro atoms. The normalized spacial score (nSPS) is 16.7. The molecule has 2 N–H and O–H groups in total. The molecule has 9 heteroatoms. The molecule has 136 valence electrons. The van der Waals surface area contributed by atoms with E-state index in [2.05, 4.69) is 26.0 Å². The van der Waals surface area contributed by atoms with Gasteiger partial charge in [-0.2, -0.15) is 5.10 Å². The highest BCUT2D eigenvalue weighted by Gasteiger charge is 2.34. The van der Waals surface area contributed by atoms with Gasteiger partial charge in [-0.25, -0.2) is 5.01 Å². The van der Waals surface area contributed by atoms with Crippen LogP contribution in [0.25, 0.3) is 0 Å². The number of aromatic nitrogens is 2. The van der Waals surface area contributed by atoms with Gasteiger partial charge in [-0.05, 0) is 29.9 Å². The lowest BCUT2D eigenvalue weighted by molar-refractivity contribution is -0.132. The molecule has 1 aliphatic rings. The second kappa shape index (κ2) is 7.16. The molecule has 1 atom stereocenters. The van der Waals surface area contributed by atoms with Gasteiger partial charge in [0.25, 0.3) is 5.56 Å². The van der Waals surface area contributed by atoms with E-state index in [9.17, 15) is 14.7 Å². The molecule has 0 saturated carbocycles. The second-order valence-electron chi connectivity index (χ2n) is 5.93. The van der Waals surface area contributed by atoms with Gasteiger partial charge in [0, 0.05) is 24.4 Å². The molecule has 1 aromatic heterocycles. The average molecular weight is 437 g/mol. The average Bonchev–Trinajstić information content (AvgIpc) is 3.04. The fourth-order valence-corrected chi connectivity index (χ4v) is 3.31. The summed E-state index contributed by atoms with van der Waals surface area (Å²) < 4.78 is 2.34. The van der Waals surface area contributed by atoms with Gasteiger partial charge in [0.2, 0.25) is 11.8 Å². The maximum Gasteiger partial charge on any atom is 0.264 e. The predicted octanol–water partition coefficient (Wildman–Crippen LogP) is 3.00. The van der Waals surface area contributed by atoms with Crippen molar-refractivity contribution in [1.29, 1.82) is 0 Å². The number of aromatic amines is 1. The van der Waals surface area contributed by atoms with Crippen molar-refractivity contribution in [2.75, 3.05) is 0 Å². The topological polar surface area (TPSA) is 90.7 Å². The molecule has 0 radical (unpaired) electrons. The Labute approximate surface area is 163 Å². The van der Waals surface area contributed by atoms with E-state index in [1.54, 1.807) is 14.0 Å². The van der Waals surface area contributed by atoms with Crippen LogP contribution in [-0.2, 0) is 11.8 Å². The van der Waals surface area contributed by atoms with E-state index in [1.165, 1.54) is 9.58 Å². The minimum absolute atomic E-state index is 0.0367. The molecule has 2 aromatic rings. The Morgan fingerprint density at radius 2 is 2.08 bits per heavy atom. The number of aromatic hydroxyl groups is 1. The fraction of sp³-hybridized carbons (Fsp3) is 0.294. The van der Waals surface area contributed by atoms with Crippen molar-refractivity contribution in [3.05, 3.63) is 55.0 Å². The van der Waals surface area contributed by atoms with E-state index in [0.717, 1.165) is 10.0 Å². The Balaban J connectivity index is 2.09. The van der Waals surface area contributed by atoms with Gasteiger partial charge in [-0.1, -0.05) is 35.0 Å². The lowest BCUT2D eigenvalue weighted by Crippen LogP contribution is -2.26. The van der Waals surface area contributed by atoms with Crippen LogP contribution in [0.3, 0.4) is 0 Å². The van der Waals surface area contributed by atoms with E-state index in [1.807, 2.05) is 24.3 Å². The fourth-order valence-electron chi connectivity index (χ4n) is 2.87. The number of nitrogens with zero attached hydrogens (tertiary/aromatic N) is 3. The summed E-state index contributed by atoms with van der Waals surface area (Å²) in [4.78, 5) is 27.2. The van der Waals surface area contributed by atoms with Crippen molar-refractivity contribution in [1.82, 2.24) is 14.6 Å². The van der Waals surface area contributed by atoms with Crippen LogP contribution in [0.4, 0.5) is 0 Å². The minimum Gasteiger partial charge on any atom is -0.494 e. The van der Waals surface area contributed by atoms with Crippen molar-refractivity contribution in [3.63, 3.8) is 0 Å². The van der Waals surface area contributed by atoms with Gasteiger partial charge in [-0.3, -0.25) is 19.1 Å². The molecule has 7 nitrogen and oxygen atoms in total. The van der Waals surface area contributed by atoms with Crippen LogP contribution in [-0.4, -0.2) is 31.3 Å². The number of carbonyl (C=O) groups excluding carboxylic acids is 1. The highest BCUT2D eigenvalue weighted by Crippen LogP contribution is 2.34. The number of carbonyl (C=O) groups is 1. The summed E-state index contributed by atoms with van der Waals surface area (Å²) in [6.45, 7) is 1.75. The van der Waals surface area contributed by atoms with E-state index in [4.69, 9.17) is 12.2 Å². The zero-order valence-electron chi connectivity index (χ0n) is 14.2. The van der Waals surface area contributed by atoms with Gasteiger partial charge >= 0.3 is 0 Å². The van der Waals surface area contributed by atoms with Gasteiger partial charge in [0.15, 0.2) is 4.77 Å². The molecule has 3 rings (SSSR count). The number of benzene rings is 1. The van der Waals surface area contributed by atoms with Gasteiger partial charge in [0.1, 0.15) is 5.56 Å². The Morgan fingerprint density at radius 3 is 2.69 bits per heavy atom. The van der Waals surface area contributed by atoms with Crippen molar-refractivity contribution in [2.45, 2.75) is 25.8 Å². The van der Waals surface area contributed by atoms with Gasteiger partial charge in [0.05, 0.1) is 11.8 Å². The molecule has 1 amide bonds. The first-order valence-corrected chi connectivity index (χ1v) is 9.21. The van der Waals surface area contributed by atoms with Gasteiger partial charge in [-0.15, -0.1) is 0 Å². The molecule has 0 unspecified atom stereocenters. The van der Waals surface area contributed by atoms with Crippen molar-refractivity contribution >= 4 is 39.8 Å². The molecule has 26 heavy (non-hydrogen) atoms. The summed E-state index contributed by atoms with van der Waals surface area (Å²) in [7, 11) is 1.55. The number of amides is 1. The Bertz CT molecular complexity index is 1010. The molecule has 2 heterocycles. The van der Waals surface area contributed by atoms with E-state index < -0.39 is 5.56 Å².